The molecule has 0 spiro atoms. The third-order valence-electron chi connectivity index (χ3n) is 4.01. The Morgan fingerprint density at radius 2 is 2.04 bits per heavy atom. The fraction of sp³-hybridized carbons (Fsp3) is 0.333. The largest absolute Gasteiger partial charge is 0.480 e. The normalized spacial score (nSPS) is 18.6. The molecule has 0 saturated carbocycles. The van der Waals surface area contributed by atoms with Crippen molar-refractivity contribution < 1.29 is 22.8 Å². The molecule has 7 nitrogen and oxygen atoms in total. The highest BCUT2D eigenvalue weighted by atomic mass is 32.2. The van der Waals surface area contributed by atoms with Gasteiger partial charge in [0.05, 0.1) is 0 Å². The molecule has 1 unspecified atom stereocenters. The molecule has 3 rings (SSSR count). The first-order valence-corrected chi connectivity index (χ1v) is 8.53. The van der Waals surface area contributed by atoms with Gasteiger partial charge in [0.25, 0.3) is 0 Å². The van der Waals surface area contributed by atoms with Crippen LogP contribution < -0.4 is 0 Å². The number of fused-ring (bicyclic) bond motifs is 1. The number of benzene rings is 1. The number of rotatable bonds is 3. The molecule has 1 aromatic carbocycles. The number of carboxylic acids is 1. The van der Waals surface area contributed by atoms with E-state index in [0.717, 1.165) is 9.87 Å². The highest BCUT2D eigenvalue weighted by Crippen LogP contribution is 2.35. The summed E-state index contributed by atoms with van der Waals surface area (Å²) in [6, 6.07) is 5.75. The summed E-state index contributed by atoms with van der Waals surface area (Å²) in [7, 11) is -4.02. The number of carbonyl (C=O) groups is 1. The topological polar surface area (TPSA) is 101 Å². The second kappa shape index (κ2) is 5.47. The average molecular weight is 336 g/mol. The fourth-order valence-corrected chi connectivity index (χ4v) is 4.88. The minimum absolute atomic E-state index is 0.0527. The maximum absolute atomic E-state index is 13.0. The standard InChI is InChI=1S/C15H16N2O5S/c1-9-14(10(2)22-16-9)23(20,21)17-8-7-11-5-3-4-6-12(11)13(17)15(18)19/h3-6,13H,7-8H2,1-2H3,(H,18,19). The van der Waals surface area contributed by atoms with Gasteiger partial charge in [-0.15, -0.1) is 0 Å². The summed E-state index contributed by atoms with van der Waals surface area (Å²) < 4.78 is 31.9. The van der Waals surface area contributed by atoms with Crippen LogP contribution in [0, 0.1) is 13.8 Å². The van der Waals surface area contributed by atoms with Crippen molar-refractivity contribution in [3.63, 3.8) is 0 Å². The van der Waals surface area contributed by atoms with E-state index in [-0.39, 0.29) is 22.9 Å². The van der Waals surface area contributed by atoms with Crippen LogP contribution in [0.3, 0.4) is 0 Å². The lowest BCUT2D eigenvalue weighted by Crippen LogP contribution is -2.43. The van der Waals surface area contributed by atoms with Gasteiger partial charge < -0.3 is 9.63 Å². The van der Waals surface area contributed by atoms with Gasteiger partial charge in [0.15, 0.2) is 5.76 Å². The van der Waals surface area contributed by atoms with Gasteiger partial charge in [0, 0.05) is 6.54 Å². The van der Waals surface area contributed by atoms with Crippen molar-refractivity contribution in [1.82, 2.24) is 9.46 Å². The van der Waals surface area contributed by atoms with Crippen molar-refractivity contribution in [2.75, 3.05) is 6.54 Å². The molecule has 0 aliphatic carbocycles. The number of aliphatic carboxylic acids is 1. The first-order valence-electron chi connectivity index (χ1n) is 7.09. The predicted octanol–water partition coefficient (Wildman–Crippen LogP) is 1.66. The molecule has 8 heteroatoms. The number of carboxylic acid groups (broad SMARTS) is 1. The molecule has 0 amide bonds. The highest BCUT2D eigenvalue weighted by molar-refractivity contribution is 7.89. The van der Waals surface area contributed by atoms with E-state index in [9.17, 15) is 18.3 Å². The van der Waals surface area contributed by atoms with E-state index in [0.29, 0.717) is 12.0 Å². The van der Waals surface area contributed by atoms with Crippen LogP contribution in [0.25, 0.3) is 0 Å². The van der Waals surface area contributed by atoms with Crippen LogP contribution >= 0.6 is 0 Å². The lowest BCUT2D eigenvalue weighted by atomic mass is 9.94. The number of hydrogen-bond donors (Lipinski definition) is 1. The molecule has 1 atom stereocenters. The summed E-state index contributed by atoms with van der Waals surface area (Å²) in [4.78, 5) is 11.7. The Morgan fingerprint density at radius 3 is 2.65 bits per heavy atom. The molecular weight excluding hydrogens is 320 g/mol. The predicted molar refractivity (Wildman–Crippen MR) is 80.4 cm³/mol. The molecule has 1 aliphatic rings. The average Bonchev–Trinajstić information content (AvgIpc) is 2.85. The second-order valence-corrected chi connectivity index (χ2v) is 7.29. The summed E-state index contributed by atoms with van der Waals surface area (Å²) in [5.41, 5.74) is 1.58. The van der Waals surface area contributed by atoms with Crippen LogP contribution in [0.15, 0.2) is 33.7 Å². The molecular formula is C15H16N2O5S. The summed E-state index contributed by atoms with van der Waals surface area (Å²) >= 11 is 0. The van der Waals surface area contributed by atoms with Gasteiger partial charge in [-0.05, 0) is 31.4 Å². The summed E-state index contributed by atoms with van der Waals surface area (Å²) in [6.45, 7) is 3.12. The molecule has 0 saturated heterocycles. The SMILES string of the molecule is Cc1noc(C)c1S(=O)(=O)N1CCc2ccccc2C1C(=O)O. The van der Waals surface area contributed by atoms with Gasteiger partial charge in [0.2, 0.25) is 10.0 Å². The summed E-state index contributed by atoms with van der Waals surface area (Å²) in [5, 5.41) is 13.3. The van der Waals surface area contributed by atoms with Gasteiger partial charge in [0.1, 0.15) is 16.6 Å². The van der Waals surface area contributed by atoms with Crippen LogP contribution in [0.2, 0.25) is 0 Å². The van der Waals surface area contributed by atoms with E-state index in [2.05, 4.69) is 5.16 Å². The molecule has 1 N–H and O–H groups in total. The number of aromatic nitrogens is 1. The lowest BCUT2D eigenvalue weighted by molar-refractivity contribution is -0.142. The van der Waals surface area contributed by atoms with Crippen LogP contribution in [-0.4, -0.2) is 35.5 Å². The zero-order chi connectivity index (χ0) is 16.8. The first kappa shape index (κ1) is 15.7. The Labute approximate surface area is 133 Å². The fourth-order valence-electron chi connectivity index (χ4n) is 3.02. The van der Waals surface area contributed by atoms with E-state index >= 15 is 0 Å². The smallest absolute Gasteiger partial charge is 0.326 e. The van der Waals surface area contributed by atoms with E-state index in [4.69, 9.17) is 4.52 Å². The molecule has 2 heterocycles. The zero-order valence-electron chi connectivity index (χ0n) is 12.7. The zero-order valence-corrected chi connectivity index (χ0v) is 13.5. The van der Waals surface area contributed by atoms with Gasteiger partial charge in [-0.1, -0.05) is 29.4 Å². The third kappa shape index (κ3) is 2.43. The van der Waals surface area contributed by atoms with E-state index in [1.54, 1.807) is 12.1 Å². The number of nitrogens with zero attached hydrogens (tertiary/aromatic N) is 2. The van der Waals surface area contributed by atoms with Gasteiger partial charge in [-0.2, -0.15) is 4.31 Å². The maximum Gasteiger partial charge on any atom is 0.326 e. The molecule has 0 bridgehead atoms. The Kier molecular flexibility index (Phi) is 3.73. The van der Waals surface area contributed by atoms with E-state index < -0.39 is 22.0 Å². The first-order chi connectivity index (χ1) is 10.8. The van der Waals surface area contributed by atoms with Crippen molar-refractivity contribution >= 4 is 16.0 Å². The van der Waals surface area contributed by atoms with Crippen molar-refractivity contribution in [3.8, 4) is 0 Å². The van der Waals surface area contributed by atoms with Gasteiger partial charge in [-0.3, -0.25) is 4.79 Å². The molecule has 0 fully saturated rings. The van der Waals surface area contributed by atoms with Crippen molar-refractivity contribution in [2.45, 2.75) is 31.2 Å². The quantitative estimate of drug-likeness (QED) is 0.915. The van der Waals surface area contributed by atoms with Crippen molar-refractivity contribution in [2.24, 2.45) is 0 Å². The molecule has 0 radical (unpaired) electrons. The minimum atomic E-state index is -4.02. The molecule has 23 heavy (non-hydrogen) atoms. The van der Waals surface area contributed by atoms with Crippen LogP contribution in [0.1, 0.15) is 28.6 Å². The second-order valence-electron chi connectivity index (χ2n) is 5.46. The molecule has 1 aromatic heterocycles. The Balaban J connectivity index is 2.15. The Hall–Kier alpha value is -2.19. The Bertz CT molecular complexity index is 852. The monoisotopic (exact) mass is 336 g/mol. The van der Waals surface area contributed by atoms with Crippen LogP contribution in [0.4, 0.5) is 0 Å². The number of sulfonamides is 1. The van der Waals surface area contributed by atoms with Gasteiger partial charge >= 0.3 is 5.97 Å². The minimum Gasteiger partial charge on any atom is -0.480 e. The number of aryl methyl sites for hydroxylation is 2. The van der Waals surface area contributed by atoms with Crippen LogP contribution in [-0.2, 0) is 21.2 Å². The molecule has 122 valence electrons. The third-order valence-corrected chi connectivity index (χ3v) is 6.12. The molecule has 1 aliphatic heterocycles. The van der Waals surface area contributed by atoms with Crippen molar-refractivity contribution in [3.05, 3.63) is 46.8 Å². The van der Waals surface area contributed by atoms with E-state index in [1.807, 2.05) is 12.1 Å². The van der Waals surface area contributed by atoms with E-state index in [1.165, 1.54) is 13.8 Å². The summed E-state index contributed by atoms with van der Waals surface area (Å²) in [5.74, 6) is -1.04. The maximum atomic E-state index is 13.0. The number of hydrogen-bond acceptors (Lipinski definition) is 5. The summed E-state index contributed by atoms with van der Waals surface area (Å²) in [6.07, 6.45) is 0.461. The Morgan fingerprint density at radius 1 is 1.35 bits per heavy atom. The van der Waals surface area contributed by atoms with Crippen LogP contribution in [0.5, 0.6) is 0 Å². The lowest BCUT2D eigenvalue weighted by Gasteiger charge is -2.33. The molecule has 2 aromatic rings. The van der Waals surface area contributed by atoms with Gasteiger partial charge in [-0.25, -0.2) is 8.42 Å². The highest BCUT2D eigenvalue weighted by Gasteiger charge is 2.42. The van der Waals surface area contributed by atoms with Crippen molar-refractivity contribution in [1.29, 1.82) is 0 Å².